The van der Waals surface area contributed by atoms with E-state index in [0.29, 0.717) is 0 Å². The van der Waals surface area contributed by atoms with Gasteiger partial charge in [-0.15, -0.1) is 10.2 Å². The van der Waals surface area contributed by atoms with Crippen molar-refractivity contribution >= 4 is 21.8 Å². The zero-order valence-corrected chi connectivity index (χ0v) is 22.8. The van der Waals surface area contributed by atoms with E-state index in [1.807, 2.05) is 36.4 Å². The quantitative estimate of drug-likeness (QED) is 0.219. The van der Waals surface area contributed by atoms with Crippen LogP contribution in [0.4, 0.5) is 0 Å². The number of nitrogens with zero attached hydrogens (tertiary/aromatic N) is 4. The highest BCUT2D eigenvalue weighted by Gasteiger charge is 2.17. The van der Waals surface area contributed by atoms with Gasteiger partial charge >= 0.3 is 0 Å². The first-order chi connectivity index (χ1) is 20.8. The summed E-state index contributed by atoms with van der Waals surface area (Å²) in [5.41, 5.74) is 8.97. The molecule has 0 amide bonds. The molecule has 8 aromatic rings. The average molecular weight is 539 g/mol. The van der Waals surface area contributed by atoms with Gasteiger partial charge in [-0.1, -0.05) is 121 Å². The van der Waals surface area contributed by atoms with E-state index >= 15 is 0 Å². The van der Waals surface area contributed by atoms with Crippen LogP contribution in [0.1, 0.15) is 0 Å². The van der Waals surface area contributed by atoms with Crippen molar-refractivity contribution in [3.8, 4) is 45.3 Å². The molecular weight excluding hydrogens is 512 g/mol. The molecule has 6 aromatic carbocycles. The van der Waals surface area contributed by atoms with Crippen LogP contribution in [0, 0.1) is 0 Å². The molecule has 0 spiro atoms. The fraction of sp³-hybridized carbons (Fsp3) is 0. The molecule has 0 fully saturated rings. The molecule has 0 saturated carbocycles. The van der Waals surface area contributed by atoms with Crippen molar-refractivity contribution < 1.29 is 0 Å². The number of aromatic nitrogens is 4. The molecule has 0 aliphatic rings. The maximum absolute atomic E-state index is 4.64. The van der Waals surface area contributed by atoms with Gasteiger partial charge in [-0.05, 0) is 47.5 Å². The minimum absolute atomic E-state index is 0.813. The summed E-state index contributed by atoms with van der Waals surface area (Å²) < 4.78 is 4.48. The summed E-state index contributed by atoms with van der Waals surface area (Å²) in [6, 6.07) is 55.1. The van der Waals surface area contributed by atoms with Crippen molar-refractivity contribution in [2.75, 3.05) is 0 Å². The first-order valence-corrected chi connectivity index (χ1v) is 14.1. The second-order valence-electron chi connectivity index (χ2n) is 10.4. The lowest BCUT2D eigenvalue weighted by molar-refractivity contribution is 1.07. The van der Waals surface area contributed by atoms with Gasteiger partial charge in [0.15, 0.2) is 11.6 Å². The molecule has 4 heteroatoms. The predicted octanol–water partition coefficient (Wildman–Crippen LogP) is 9.37. The van der Waals surface area contributed by atoms with Crippen LogP contribution in [0.2, 0.25) is 0 Å². The molecule has 0 unspecified atom stereocenters. The monoisotopic (exact) mass is 538 g/mol. The number of hydrogen-bond acceptors (Lipinski definition) is 2. The van der Waals surface area contributed by atoms with E-state index in [4.69, 9.17) is 0 Å². The summed E-state index contributed by atoms with van der Waals surface area (Å²) in [6.07, 6.45) is 0. The zero-order valence-electron chi connectivity index (χ0n) is 22.8. The highest BCUT2D eigenvalue weighted by Crippen LogP contribution is 2.33. The van der Waals surface area contributed by atoms with Gasteiger partial charge in [0, 0.05) is 33.3 Å². The summed E-state index contributed by atoms with van der Waals surface area (Å²) in [4.78, 5) is 0. The molecule has 0 atom stereocenters. The molecule has 8 rings (SSSR count). The lowest BCUT2D eigenvalue weighted by atomic mass is 10.0. The van der Waals surface area contributed by atoms with Crippen molar-refractivity contribution in [1.29, 1.82) is 0 Å². The van der Waals surface area contributed by atoms with Gasteiger partial charge in [0.2, 0.25) is 0 Å². The Morgan fingerprint density at radius 1 is 0.310 bits per heavy atom. The van der Waals surface area contributed by atoms with Crippen molar-refractivity contribution in [2.24, 2.45) is 0 Å². The molecule has 0 saturated heterocycles. The molecule has 0 aliphatic carbocycles. The van der Waals surface area contributed by atoms with Crippen molar-refractivity contribution in [1.82, 2.24) is 19.3 Å². The van der Waals surface area contributed by atoms with E-state index < -0.39 is 0 Å². The van der Waals surface area contributed by atoms with Crippen LogP contribution in [0.5, 0.6) is 0 Å². The van der Waals surface area contributed by atoms with Gasteiger partial charge in [0.25, 0.3) is 0 Å². The van der Waals surface area contributed by atoms with Gasteiger partial charge in [0.1, 0.15) is 0 Å². The van der Waals surface area contributed by atoms with Crippen molar-refractivity contribution in [3.05, 3.63) is 158 Å². The molecule has 0 aliphatic heterocycles. The highest BCUT2D eigenvalue weighted by atomic mass is 15.3. The summed E-state index contributed by atoms with van der Waals surface area (Å²) in [5, 5.41) is 11.8. The topological polar surface area (TPSA) is 35.6 Å². The minimum Gasteiger partial charge on any atom is -0.309 e. The predicted molar refractivity (Wildman–Crippen MR) is 172 cm³/mol. The molecule has 4 nitrogen and oxygen atoms in total. The SMILES string of the molecule is c1ccc(-c2nnc(-c3ccc(-c4ccc(-n5c6ccccc6c6ccccc65)cc4)cc3)n2-c2ccccc2)cc1. The Balaban J connectivity index is 1.16. The van der Waals surface area contributed by atoms with Gasteiger partial charge in [-0.2, -0.15) is 0 Å². The van der Waals surface area contributed by atoms with Crippen LogP contribution in [0.15, 0.2) is 158 Å². The van der Waals surface area contributed by atoms with Crippen LogP contribution in [-0.2, 0) is 0 Å². The smallest absolute Gasteiger partial charge is 0.168 e. The summed E-state index contributed by atoms with van der Waals surface area (Å²) in [6.45, 7) is 0. The standard InChI is InChI=1S/C38H26N4/c1-3-11-29(12-4-1)37-39-40-38(42(37)31-13-5-2-6-14-31)30-21-19-27(20-22-30)28-23-25-32(26-24-28)41-35-17-9-7-15-33(35)34-16-8-10-18-36(34)41/h1-26H. The molecule has 42 heavy (non-hydrogen) atoms. The average Bonchev–Trinajstić information content (AvgIpc) is 3.66. The largest absolute Gasteiger partial charge is 0.309 e. The Labute approximate surface area is 243 Å². The van der Waals surface area contributed by atoms with Crippen LogP contribution in [0.25, 0.3) is 67.1 Å². The molecule has 0 N–H and O–H groups in total. The van der Waals surface area contributed by atoms with Gasteiger partial charge < -0.3 is 4.57 Å². The highest BCUT2D eigenvalue weighted by molar-refractivity contribution is 6.09. The second-order valence-corrected chi connectivity index (χ2v) is 10.4. The Morgan fingerprint density at radius 2 is 0.714 bits per heavy atom. The van der Waals surface area contributed by atoms with E-state index in [0.717, 1.165) is 39.7 Å². The minimum atomic E-state index is 0.813. The third-order valence-electron chi connectivity index (χ3n) is 7.89. The van der Waals surface area contributed by atoms with E-state index in [9.17, 15) is 0 Å². The Morgan fingerprint density at radius 3 is 1.29 bits per heavy atom. The van der Waals surface area contributed by atoms with Crippen molar-refractivity contribution in [3.63, 3.8) is 0 Å². The third-order valence-corrected chi connectivity index (χ3v) is 7.89. The molecule has 198 valence electrons. The van der Waals surface area contributed by atoms with Crippen molar-refractivity contribution in [2.45, 2.75) is 0 Å². The van der Waals surface area contributed by atoms with Crippen LogP contribution < -0.4 is 0 Å². The lowest BCUT2D eigenvalue weighted by Crippen LogP contribution is -2.00. The second kappa shape index (κ2) is 10.0. The van der Waals surface area contributed by atoms with Crippen LogP contribution >= 0.6 is 0 Å². The molecule has 2 aromatic heterocycles. The molecule has 0 bridgehead atoms. The summed E-state index contributed by atoms with van der Waals surface area (Å²) in [7, 11) is 0. The molecular formula is C38H26N4. The first kappa shape index (κ1) is 24.1. The number of rotatable bonds is 5. The lowest BCUT2D eigenvalue weighted by Gasteiger charge is -2.12. The van der Waals surface area contributed by atoms with Gasteiger partial charge in [0.05, 0.1) is 11.0 Å². The van der Waals surface area contributed by atoms with E-state index in [1.54, 1.807) is 0 Å². The molecule has 2 heterocycles. The maximum Gasteiger partial charge on any atom is 0.168 e. The third kappa shape index (κ3) is 4.01. The van der Waals surface area contributed by atoms with Crippen LogP contribution in [-0.4, -0.2) is 19.3 Å². The fourth-order valence-electron chi connectivity index (χ4n) is 5.88. The van der Waals surface area contributed by atoms with Gasteiger partial charge in [-0.3, -0.25) is 4.57 Å². The van der Waals surface area contributed by atoms with E-state index in [1.165, 1.54) is 27.4 Å². The van der Waals surface area contributed by atoms with Gasteiger partial charge in [-0.25, -0.2) is 0 Å². The Kier molecular flexibility index (Phi) is 5.75. The van der Waals surface area contributed by atoms with E-state index in [2.05, 4.69) is 141 Å². The number of benzene rings is 6. The number of fused-ring (bicyclic) bond motifs is 3. The summed E-state index contributed by atoms with van der Waals surface area (Å²) in [5.74, 6) is 1.63. The van der Waals surface area contributed by atoms with E-state index in [-0.39, 0.29) is 0 Å². The fourth-order valence-corrected chi connectivity index (χ4v) is 5.88. The number of hydrogen-bond donors (Lipinski definition) is 0. The first-order valence-electron chi connectivity index (χ1n) is 14.1. The zero-order chi connectivity index (χ0) is 27.9. The Bertz CT molecular complexity index is 2100. The maximum atomic E-state index is 4.64. The van der Waals surface area contributed by atoms with Crippen LogP contribution in [0.3, 0.4) is 0 Å². The summed E-state index contributed by atoms with van der Waals surface area (Å²) >= 11 is 0. The molecule has 0 radical (unpaired) electrons. The Hall–Kier alpha value is -5.74. The normalized spacial score (nSPS) is 11.3. The number of para-hydroxylation sites is 3.